The molecule has 0 radical (unpaired) electrons. The summed E-state index contributed by atoms with van der Waals surface area (Å²) in [5.74, 6) is -0.472. The van der Waals surface area contributed by atoms with E-state index in [1.54, 1.807) is 6.07 Å². The zero-order valence-electron chi connectivity index (χ0n) is 19.6. The van der Waals surface area contributed by atoms with Crippen molar-refractivity contribution in [3.8, 4) is 0 Å². The minimum Gasteiger partial charge on any atom is -0.394 e. The molecule has 5 rings (SSSR count). The lowest BCUT2D eigenvalue weighted by atomic mass is 10.1. The second kappa shape index (κ2) is 10.5. The first-order chi connectivity index (χ1) is 17.4. The Hall–Kier alpha value is -2.45. The predicted octanol–water partition coefficient (Wildman–Crippen LogP) is 2.01. The van der Waals surface area contributed by atoms with Crippen molar-refractivity contribution in [2.24, 2.45) is 0 Å². The number of halogens is 2. The van der Waals surface area contributed by atoms with Gasteiger partial charge in [0.05, 0.1) is 25.4 Å². The van der Waals surface area contributed by atoms with Gasteiger partial charge in [-0.3, -0.25) is 0 Å². The third-order valence-electron chi connectivity index (χ3n) is 6.56. The molecule has 3 aromatic rings. The van der Waals surface area contributed by atoms with Crippen molar-refractivity contribution >= 4 is 28.7 Å². The summed E-state index contributed by atoms with van der Waals surface area (Å²) >= 11 is 1.48. The second-order valence-electron chi connectivity index (χ2n) is 9.09. The fourth-order valence-corrected chi connectivity index (χ4v) is 5.31. The largest absolute Gasteiger partial charge is 0.394 e. The van der Waals surface area contributed by atoms with Crippen LogP contribution in [0.5, 0.6) is 0 Å². The third kappa shape index (κ3) is 4.90. The average molecular weight is 523 g/mol. The summed E-state index contributed by atoms with van der Waals surface area (Å²) < 4.78 is 34.0. The summed E-state index contributed by atoms with van der Waals surface area (Å²) in [4.78, 5) is 9.27. The first-order valence-corrected chi connectivity index (χ1v) is 13.0. The van der Waals surface area contributed by atoms with Crippen molar-refractivity contribution in [1.82, 2.24) is 25.0 Å². The summed E-state index contributed by atoms with van der Waals surface area (Å²) in [6.45, 7) is 1.91. The molecule has 2 aromatic heterocycles. The number of rotatable bonds is 10. The molecule has 0 amide bonds. The Morgan fingerprint density at radius 2 is 2.00 bits per heavy atom. The predicted molar refractivity (Wildman–Crippen MR) is 128 cm³/mol. The van der Waals surface area contributed by atoms with Crippen LogP contribution in [0.15, 0.2) is 23.4 Å². The lowest BCUT2D eigenvalue weighted by molar-refractivity contribution is -0.0629. The number of aliphatic hydroxyl groups is 3. The van der Waals surface area contributed by atoms with Gasteiger partial charge in [-0.15, -0.1) is 5.10 Å². The molecule has 13 heteroatoms. The smallest absolute Gasteiger partial charge is 0.191 e. The lowest BCUT2D eigenvalue weighted by Gasteiger charge is -2.17. The number of anilines is 1. The van der Waals surface area contributed by atoms with E-state index in [0.717, 1.165) is 24.7 Å². The molecule has 2 aliphatic rings. The van der Waals surface area contributed by atoms with Gasteiger partial charge in [-0.1, -0.05) is 30.0 Å². The van der Waals surface area contributed by atoms with Crippen LogP contribution in [0.2, 0.25) is 0 Å². The number of hydrogen-bond donors (Lipinski definition) is 4. The fraction of sp³-hybridized carbons (Fsp3) is 0.565. The molecule has 0 bridgehead atoms. The molecule has 194 valence electrons. The number of thioether (sulfide) groups is 1. The summed E-state index contributed by atoms with van der Waals surface area (Å²) in [5.41, 5.74) is 1.53. The van der Waals surface area contributed by atoms with Crippen LogP contribution in [0.3, 0.4) is 0 Å². The monoisotopic (exact) mass is 522 g/mol. The van der Waals surface area contributed by atoms with E-state index in [4.69, 9.17) is 9.84 Å². The number of hydrogen-bond acceptors (Lipinski definition) is 10. The Labute approximate surface area is 210 Å². The molecule has 0 spiro atoms. The van der Waals surface area contributed by atoms with Crippen molar-refractivity contribution in [1.29, 1.82) is 0 Å². The van der Waals surface area contributed by atoms with Crippen LogP contribution in [-0.4, -0.2) is 83.6 Å². The van der Waals surface area contributed by atoms with Crippen molar-refractivity contribution < 1.29 is 28.8 Å². The van der Waals surface area contributed by atoms with Gasteiger partial charge in [-0.05, 0) is 30.5 Å². The molecular formula is C23H28F2N6O4S. The van der Waals surface area contributed by atoms with Gasteiger partial charge < -0.3 is 25.4 Å². The van der Waals surface area contributed by atoms with E-state index >= 15 is 0 Å². The molecule has 4 N–H and O–H groups in total. The number of nitrogens with one attached hydrogen (secondary N) is 1. The van der Waals surface area contributed by atoms with Crippen LogP contribution < -0.4 is 5.32 Å². The van der Waals surface area contributed by atoms with E-state index in [0.29, 0.717) is 27.7 Å². The highest BCUT2D eigenvalue weighted by atomic mass is 32.2. The van der Waals surface area contributed by atoms with Crippen molar-refractivity contribution in [3.63, 3.8) is 0 Å². The summed E-state index contributed by atoms with van der Waals surface area (Å²) in [7, 11) is 0. The average Bonchev–Trinajstić information content (AvgIpc) is 3.41. The highest BCUT2D eigenvalue weighted by Crippen LogP contribution is 2.44. The first-order valence-electron chi connectivity index (χ1n) is 12.0. The molecule has 1 aromatic carbocycles. The summed E-state index contributed by atoms with van der Waals surface area (Å²) in [6, 6.07) is 3.26. The van der Waals surface area contributed by atoms with Gasteiger partial charge in [0.25, 0.3) is 0 Å². The Morgan fingerprint density at radius 3 is 2.75 bits per heavy atom. The van der Waals surface area contributed by atoms with Crippen LogP contribution in [0.4, 0.5) is 14.6 Å². The molecule has 0 saturated heterocycles. The maximum Gasteiger partial charge on any atom is 0.191 e. The molecular weight excluding hydrogens is 494 g/mol. The minimum absolute atomic E-state index is 0.00291. The van der Waals surface area contributed by atoms with Crippen molar-refractivity contribution in [2.75, 3.05) is 24.3 Å². The first kappa shape index (κ1) is 25.2. The highest BCUT2D eigenvalue weighted by Gasteiger charge is 2.45. The lowest BCUT2D eigenvalue weighted by Crippen LogP contribution is -2.33. The zero-order chi connectivity index (χ0) is 25.4. The SMILES string of the molecule is CCCSc1nc(N[C@@H]2C[C@H]2c2ccc(F)c(F)c2)c2nnn([C@H]3C[C@H](OCCO)[C@H](O)[C@@H]3O)c2n1. The van der Waals surface area contributed by atoms with Crippen LogP contribution in [-0.2, 0) is 4.74 Å². The van der Waals surface area contributed by atoms with Crippen LogP contribution in [0, 0.1) is 11.6 Å². The number of aliphatic hydroxyl groups excluding tert-OH is 3. The number of ether oxygens (including phenoxy) is 1. The Balaban J connectivity index is 1.43. The van der Waals surface area contributed by atoms with Gasteiger partial charge in [0.2, 0.25) is 0 Å². The minimum atomic E-state index is -1.15. The maximum absolute atomic E-state index is 13.7. The van der Waals surface area contributed by atoms with Crippen molar-refractivity contribution in [3.05, 3.63) is 35.4 Å². The van der Waals surface area contributed by atoms with Crippen LogP contribution >= 0.6 is 11.8 Å². The standard InChI is InChI=1S/C23H28F2N6O4S/c1-2-7-36-23-27-21(26-15-9-12(15)11-3-4-13(24)14(25)8-11)18-22(28-23)31(30-29-18)16-10-17(35-6-5-32)20(34)19(16)33/h3-4,8,12,15-17,19-20,32-34H,2,5-7,9-10H2,1H3,(H,26,27,28)/t12-,15+,16-,17-,19+,20-/m0/s1. The summed E-state index contributed by atoms with van der Waals surface area (Å²) in [6.07, 6.45) is -1.04. The van der Waals surface area contributed by atoms with Gasteiger partial charge in [0.1, 0.15) is 12.2 Å². The van der Waals surface area contributed by atoms with Crippen LogP contribution in [0.25, 0.3) is 11.2 Å². The number of fused-ring (bicyclic) bond motifs is 1. The molecule has 6 atom stereocenters. The van der Waals surface area contributed by atoms with E-state index in [1.165, 1.54) is 22.5 Å². The molecule has 2 saturated carbocycles. The maximum atomic E-state index is 13.7. The van der Waals surface area contributed by atoms with Gasteiger partial charge in [0, 0.05) is 24.1 Å². The molecule has 2 heterocycles. The van der Waals surface area contributed by atoms with Gasteiger partial charge in [-0.25, -0.2) is 23.4 Å². The molecule has 2 aliphatic carbocycles. The number of nitrogens with zero attached hydrogens (tertiary/aromatic N) is 5. The van der Waals surface area contributed by atoms with Gasteiger partial charge >= 0.3 is 0 Å². The van der Waals surface area contributed by atoms with Gasteiger partial charge in [-0.2, -0.15) is 0 Å². The Bertz CT molecular complexity index is 1230. The third-order valence-corrected chi connectivity index (χ3v) is 7.61. The quantitative estimate of drug-likeness (QED) is 0.231. The molecule has 0 unspecified atom stereocenters. The van der Waals surface area contributed by atoms with E-state index < -0.39 is 36.0 Å². The van der Waals surface area contributed by atoms with E-state index in [-0.39, 0.29) is 31.6 Å². The number of benzene rings is 1. The Kier molecular flexibility index (Phi) is 7.35. The molecule has 2 fully saturated rings. The molecule has 0 aliphatic heterocycles. The van der Waals surface area contributed by atoms with Crippen LogP contribution in [0.1, 0.15) is 43.7 Å². The number of aromatic nitrogens is 5. The topological polar surface area (TPSA) is 138 Å². The fourth-order valence-electron chi connectivity index (χ4n) is 4.61. The Morgan fingerprint density at radius 1 is 1.17 bits per heavy atom. The normalized spacial score (nSPS) is 27.6. The zero-order valence-corrected chi connectivity index (χ0v) is 20.4. The van der Waals surface area contributed by atoms with E-state index in [9.17, 15) is 19.0 Å². The van der Waals surface area contributed by atoms with E-state index in [2.05, 4.69) is 32.5 Å². The molecule has 10 nitrogen and oxygen atoms in total. The van der Waals surface area contributed by atoms with Gasteiger partial charge in [0.15, 0.2) is 33.8 Å². The van der Waals surface area contributed by atoms with Crippen molar-refractivity contribution in [2.45, 2.75) is 67.7 Å². The van der Waals surface area contributed by atoms with E-state index in [1.807, 2.05) is 0 Å². The highest BCUT2D eigenvalue weighted by molar-refractivity contribution is 7.99. The summed E-state index contributed by atoms with van der Waals surface area (Å²) in [5, 5.41) is 42.5. The molecule has 36 heavy (non-hydrogen) atoms. The second-order valence-corrected chi connectivity index (χ2v) is 10.2.